The Hall–Kier alpha value is -1.54. The van der Waals surface area contributed by atoms with E-state index in [4.69, 9.17) is 9.47 Å². The summed E-state index contributed by atoms with van der Waals surface area (Å²) in [7, 11) is 1.75. The molecular formula is C30H47FN2O5. The maximum Gasteiger partial charge on any atom is 0.414 e. The number of Topliss-reactive ketones (excluding diaryl/α,β-unsaturated/α-hetero) is 1. The van der Waals surface area contributed by atoms with E-state index < -0.39 is 29.7 Å². The normalized spacial score (nSPS) is 47.8. The average molecular weight is 535 g/mol. The number of alkyl halides is 1. The van der Waals surface area contributed by atoms with Crippen molar-refractivity contribution in [3.8, 4) is 0 Å². The van der Waals surface area contributed by atoms with Crippen molar-refractivity contribution in [3.05, 3.63) is 0 Å². The number of hydrogen-bond donors (Lipinski definition) is 1. The van der Waals surface area contributed by atoms with E-state index in [1.54, 1.807) is 7.11 Å². The topological polar surface area (TPSA) is 84.9 Å². The smallest absolute Gasteiger partial charge is 0.414 e. The van der Waals surface area contributed by atoms with E-state index >= 15 is 0 Å². The van der Waals surface area contributed by atoms with Crippen molar-refractivity contribution in [2.45, 2.75) is 91.3 Å². The molecule has 5 rings (SSSR count). The predicted octanol–water partition coefficient (Wildman–Crippen LogP) is 4.77. The lowest BCUT2D eigenvalue weighted by Crippen LogP contribution is -2.63. The quantitative estimate of drug-likeness (QED) is 0.528. The molecule has 38 heavy (non-hydrogen) atoms. The van der Waals surface area contributed by atoms with Crippen LogP contribution in [0.15, 0.2) is 0 Å². The van der Waals surface area contributed by atoms with Crippen LogP contribution in [0.4, 0.5) is 9.18 Å². The minimum atomic E-state index is -0.806. The van der Waals surface area contributed by atoms with Crippen molar-refractivity contribution in [2.24, 2.45) is 45.8 Å². The molecule has 0 radical (unpaired) electrons. The average Bonchev–Trinajstić information content (AvgIpc) is 3.63. The molecule has 3 unspecified atom stereocenters. The van der Waals surface area contributed by atoms with Gasteiger partial charge in [0, 0.05) is 42.9 Å². The number of alkyl carbamates (subject to hydrolysis) is 1. The molecule has 1 N–H and O–H groups in total. The molecule has 2 aliphatic heterocycles. The molecule has 7 nitrogen and oxygen atoms in total. The number of amides is 2. The van der Waals surface area contributed by atoms with Gasteiger partial charge in [0.15, 0.2) is 0 Å². The number of piperidine rings is 1. The highest BCUT2D eigenvalue weighted by Crippen LogP contribution is 2.69. The van der Waals surface area contributed by atoms with Crippen molar-refractivity contribution in [1.29, 1.82) is 0 Å². The fourth-order valence-electron chi connectivity index (χ4n) is 9.78. The van der Waals surface area contributed by atoms with Gasteiger partial charge in [-0.15, -0.1) is 0 Å². The highest BCUT2D eigenvalue weighted by molar-refractivity contribution is 5.93. The van der Waals surface area contributed by atoms with E-state index in [-0.39, 0.29) is 46.9 Å². The van der Waals surface area contributed by atoms with Gasteiger partial charge in [-0.2, -0.15) is 0 Å². The molecule has 0 spiro atoms. The molecule has 214 valence electrons. The molecule has 11 atom stereocenters. The highest BCUT2D eigenvalue weighted by Gasteiger charge is 2.68. The first kappa shape index (κ1) is 28.0. The second kappa shape index (κ2) is 10.1. The van der Waals surface area contributed by atoms with Gasteiger partial charge in [0.1, 0.15) is 11.9 Å². The molecule has 8 heteroatoms. The molecule has 3 aliphatic carbocycles. The van der Waals surface area contributed by atoms with Gasteiger partial charge >= 0.3 is 6.09 Å². The van der Waals surface area contributed by atoms with Crippen LogP contribution in [0.1, 0.15) is 79.1 Å². The summed E-state index contributed by atoms with van der Waals surface area (Å²) in [6.45, 7) is 10.6. The van der Waals surface area contributed by atoms with E-state index in [2.05, 4.69) is 31.0 Å². The Morgan fingerprint density at radius 1 is 1.13 bits per heavy atom. The van der Waals surface area contributed by atoms with E-state index in [1.165, 1.54) is 0 Å². The Morgan fingerprint density at radius 2 is 1.87 bits per heavy atom. The van der Waals surface area contributed by atoms with Crippen LogP contribution in [-0.4, -0.2) is 68.3 Å². The van der Waals surface area contributed by atoms with Crippen molar-refractivity contribution < 1.29 is 28.2 Å². The van der Waals surface area contributed by atoms with Crippen LogP contribution in [0.3, 0.4) is 0 Å². The van der Waals surface area contributed by atoms with Crippen LogP contribution in [0.2, 0.25) is 0 Å². The number of ether oxygens (including phenoxy) is 2. The lowest BCUT2D eigenvalue weighted by Gasteiger charge is -2.61. The van der Waals surface area contributed by atoms with Gasteiger partial charge in [-0.1, -0.05) is 27.7 Å². The number of hydrogen-bond acceptors (Lipinski definition) is 6. The summed E-state index contributed by atoms with van der Waals surface area (Å²) < 4.78 is 25.7. The number of ketones is 1. The summed E-state index contributed by atoms with van der Waals surface area (Å²) in [6, 6.07) is 0. The Morgan fingerprint density at radius 3 is 2.50 bits per heavy atom. The fraction of sp³-hybridized carbons (Fsp3) is 0.900. The summed E-state index contributed by atoms with van der Waals surface area (Å²) in [5, 5.41) is 2.57. The van der Waals surface area contributed by atoms with Gasteiger partial charge in [-0.3, -0.25) is 19.3 Å². The molecule has 4 bridgehead atoms. The second-order valence-electron chi connectivity index (χ2n) is 13.8. The minimum Gasteiger partial charge on any atom is -0.445 e. The molecule has 2 saturated heterocycles. The summed E-state index contributed by atoms with van der Waals surface area (Å²) in [5.41, 5.74) is -1.48. The molecule has 0 aromatic carbocycles. The summed E-state index contributed by atoms with van der Waals surface area (Å²) >= 11 is 0. The first-order valence-electron chi connectivity index (χ1n) is 14.9. The Kier molecular flexibility index (Phi) is 7.47. The maximum absolute atomic E-state index is 14.2. The van der Waals surface area contributed by atoms with Crippen LogP contribution in [0.25, 0.3) is 0 Å². The number of methoxy groups -OCH3 is 1. The Bertz CT molecular complexity index is 961. The largest absolute Gasteiger partial charge is 0.445 e. The zero-order valence-corrected chi connectivity index (χ0v) is 23.9. The molecule has 0 aromatic heterocycles. The summed E-state index contributed by atoms with van der Waals surface area (Å²) in [5.74, 6) is 0.123. The van der Waals surface area contributed by atoms with E-state index in [0.717, 1.165) is 45.2 Å². The van der Waals surface area contributed by atoms with Gasteiger partial charge in [-0.05, 0) is 75.2 Å². The van der Waals surface area contributed by atoms with E-state index in [0.29, 0.717) is 31.7 Å². The third-order valence-corrected chi connectivity index (χ3v) is 12.1. The van der Waals surface area contributed by atoms with Crippen molar-refractivity contribution >= 4 is 17.8 Å². The third kappa shape index (κ3) is 4.23. The summed E-state index contributed by atoms with van der Waals surface area (Å²) in [4.78, 5) is 42.9. The first-order valence-corrected chi connectivity index (χ1v) is 14.9. The van der Waals surface area contributed by atoms with E-state index in [1.807, 2.05) is 6.92 Å². The zero-order valence-electron chi connectivity index (χ0n) is 23.9. The van der Waals surface area contributed by atoms with Gasteiger partial charge < -0.3 is 14.4 Å². The highest BCUT2D eigenvalue weighted by atomic mass is 19.1. The molecule has 5 fully saturated rings. The van der Waals surface area contributed by atoms with Crippen molar-refractivity contribution in [3.63, 3.8) is 0 Å². The zero-order chi connectivity index (χ0) is 27.5. The number of halogens is 1. The van der Waals surface area contributed by atoms with Crippen LogP contribution >= 0.6 is 0 Å². The Balaban J connectivity index is 1.48. The number of imide groups is 1. The summed E-state index contributed by atoms with van der Waals surface area (Å²) in [6.07, 6.45) is 4.38. The molecule has 2 heterocycles. The predicted molar refractivity (Wildman–Crippen MR) is 141 cm³/mol. The number of fused-ring (bicyclic) bond motifs is 2. The lowest BCUT2D eigenvalue weighted by atomic mass is 9.43. The van der Waals surface area contributed by atoms with Crippen LogP contribution in [0.5, 0.6) is 0 Å². The fourth-order valence-corrected chi connectivity index (χ4v) is 9.78. The molecule has 2 amide bonds. The minimum absolute atomic E-state index is 0.0212. The van der Waals surface area contributed by atoms with Crippen LogP contribution in [0, 0.1) is 45.8 Å². The number of rotatable bonds is 6. The first-order chi connectivity index (χ1) is 18.0. The third-order valence-electron chi connectivity index (χ3n) is 12.1. The molecule has 3 saturated carbocycles. The number of nitrogens with zero attached hydrogens (tertiary/aromatic N) is 1. The van der Waals surface area contributed by atoms with Crippen molar-refractivity contribution in [1.82, 2.24) is 10.2 Å². The van der Waals surface area contributed by atoms with Gasteiger partial charge in [0.2, 0.25) is 5.91 Å². The number of nitrogens with one attached hydrogen (secondary N) is 1. The Labute approximate surface area is 226 Å². The molecular weight excluding hydrogens is 487 g/mol. The van der Waals surface area contributed by atoms with Gasteiger partial charge in [0.05, 0.1) is 18.7 Å². The van der Waals surface area contributed by atoms with Gasteiger partial charge in [0.25, 0.3) is 0 Å². The van der Waals surface area contributed by atoms with Crippen molar-refractivity contribution in [2.75, 3.05) is 33.4 Å². The molecule has 0 aromatic rings. The van der Waals surface area contributed by atoms with E-state index in [9.17, 15) is 18.8 Å². The SMILES string of the molecule is CO[C@@H]1CCC23CC[C@@H](C)[C@](C)(C12)[C@H](OC(=O)NC(=O)[C@H]1CN2CC[C@H]1C2)C[C@@](C)(CCCF)C(=O)[C@@H]3C. The van der Waals surface area contributed by atoms with Crippen LogP contribution in [-0.2, 0) is 19.1 Å². The monoisotopic (exact) mass is 534 g/mol. The maximum atomic E-state index is 14.2. The lowest BCUT2D eigenvalue weighted by molar-refractivity contribution is -0.192. The standard InChI is InChI=1S/C30H47FN2O5/c1-18-7-11-30-12-8-22(37-5)24(30)29(18,4)23(15-28(3,10-6-13-31)25(34)19(30)2)38-27(36)32-26(35)21-17-33-14-9-20(21)16-33/h18-24H,6-17H2,1-5H3,(H,32,35,36)/t18-,19+,20+,21+,22-,23-,24?,28-,29+,30?/m1/s1. The van der Waals surface area contributed by atoms with Crippen LogP contribution < -0.4 is 5.32 Å². The number of carbonyl (C=O) groups excluding carboxylic acids is 3. The molecule has 5 aliphatic rings. The second-order valence-corrected chi connectivity index (χ2v) is 13.8. The number of carbonyl (C=O) groups is 3. The van der Waals surface area contributed by atoms with Gasteiger partial charge in [-0.25, -0.2) is 4.79 Å².